The number of nitrogens with two attached hydrogens (primary N) is 1. The highest BCUT2D eigenvalue weighted by Crippen LogP contribution is 2.30. The fraction of sp³-hybridized carbons (Fsp3) is 0.692. The third kappa shape index (κ3) is 2.15. The maximum Gasteiger partial charge on any atom is 0.122 e. The Kier molecular flexibility index (Phi) is 3.66. The van der Waals surface area contributed by atoms with Crippen molar-refractivity contribution in [2.45, 2.75) is 38.8 Å². The summed E-state index contributed by atoms with van der Waals surface area (Å²) in [5.74, 6) is 1.75. The Balaban J connectivity index is 2.14. The van der Waals surface area contributed by atoms with Crippen LogP contribution >= 0.6 is 0 Å². The van der Waals surface area contributed by atoms with Crippen molar-refractivity contribution in [2.75, 3.05) is 13.1 Å². The summed E-state index contributed by atoms with van der Waals surface area (Å²) >= 11 is 0. The summed E-state index contributed by atoms with van der Waals surface area (Å²) in [6.45, 7) is 6.39. The van der Waals surface area contributed by atoms with E-state index in [4.69, 9.17) is 10.2 Å². The van der Waals surface area contributed by atoms with Crippen molar-refractivity contribution < 1.29 is 4.42 Å². The van der Waals surface area contributed by atoms with Crippen LogP contribution in [0, 0.1) is 5.92 Å². The van der Waals surface area contributed by atoms with E-state index in [1.165, 1.54) is 12.8 Å². The topological polar surface area (TPSA) is 42.4 Å². The third-order valence-electron chi connectivity index (χ3n) is 3.92. The number of hydrogen-bond donors (Lipinski definition) is 1. The SMILES string of the molecule is CC1CCCN(C(CN)c2ccco2)C1C. The molecule has 0 aliphatic carbocycles. The number of hydrogen-bond acceptors (Lipinski definition) is 3. The molecule has 0 spiro atoms. The molecule has 2 N–H and O–H groups in total. The Hall–Kier alpha value is -0.800. The Labute approximate surface area is 97.6 Å². The molecule has 3 unspecified atom stereocenters. The second-order valence-corrected chi connectivity index (χ2v) is 4.86. The van der Waals surface area contributed by atoms with Gasteiger partial charge in [0.1, 0.15) is 5.76 Å². The zero-order valence-corrected chi connectivity index (χ0v) is 10.2. The molecule has 1 fully saturated rings. The highest BCUT2D eigenvalue weighted by molar-refractivity contribution is 5.06. The highest BCUT2D eigenvalue weighted by Gasteiger charge is 2.31. The van der Waals surface area contributed by atoms with Crippen molar-refractivity contribution in [1.82, 2.24) is 4.90 Å². The van der Waals surface area contributed by atoms with E-state index in [0.29, 0.717) is 12.6 Å². The van der Waals surface area contributed by atoms with Crippen LogP contribution in [0.25, 0.3) is 0 Å². The van der Waals surface area contributed by atoms with Crippen LogP contribution in [-0.4, -0.2) is 24.0 Å². The van der Waals surface area contributed by atoms with Gasteiger partial charge in [-0.1, -0.05) is 6.92 Å². The fourth-order valence-corrected chi connectivity index (χ4v) is 2.70. The van der Waals surface area contributed by atoms with Crippen molar-refractivity contribution in [3.05, 3.63) is 24.2 Å². The zero-order chi connectivity index (χ0) is 11.5. The standard InChI is InChI=1S/C13H22N2O/c1-10-5-3-7-15(11(10)2)12(9-14)13-6-4-8-16-13/h4,6,8,10-12H,3,5,7,9,14H2,1-2H3. The van der Waals surface area contributed by atoms with Crippen LogP contribution in [0.3, 0.4) is 0 Å². The molecule has 3 nitrogen and oxygen atoms in total. The predicted molar refractivity (Wildman–Crippen MR) is 65.1 cm³/mol. The van der Waals surface area contributed by atoms with Gasteiger partial charge in [-0.3, -0.25) is 4.90 Å². The summed E-state index contributed by atoms with van der Waals surface area (Å²) in [7, 11) is 0. The largest absolute Gasteiger partial charge is 0.468 e. The Morgan fingerprint density at radius 3 is 3.00 bits per heavy atom. The summed E-state index contributed by atoms with van der Waals surface area (Å²) in [5, 5.41) is 0. The number of rotatable bonds is 3. The summed E-state index contributed by atoms with van der Waals surface area (Å²) < 4.78 is 5.50. The van der Waals surface area contributed by atoms with Crippen LogP contribution in [-0.2, 0) is 0 Å². The van der Waals surface area contributed by atoms with Crippen LogP contribution in [0.2, 0.25) is 0 Å². The van der Waals surface area contributed by atoms with E-state index in [-0.39, 0.29) is 6.04 Å². The van der Waals surface area contributed by atoms with Crippen LogP contribution < -0.4 is 5.73 Å². The average molecular weight is 222 g/mol. The van der Waals surface area contributed by atoms with Crippen molar-refractivity contribution >= 4 is 0 Å². The van der Waals surface area contributed by atoms with Gasteiger partial charge < -0.3 is 10.2 Å². The molecule has 1 aromatic heterocycles. The molecule has 3 heteroatoms. The number of piperidine rings is 1. The van der Waals surface area contributed by atoms with Crippen LogP contribution in [0.15, 0.2) is 22.8 Å². The third-order valence-corrected chi connectivity index (χ3v) is 3.92. The lowest BCUT2D eigenvalue weighted by Crippen LogP contribution is -2.46. The van der Waals surface area contributed by atoms with Crippen LogP contribution in [0.1, 0.15) is 38.5 Å². The minimum absolute atomic E-state index is 0.243. The van der Waals surface area contributed by atoms with E-state index in [9.17, 15) is 0 Å². The normalized spacial score (nSPS) is 29.2. The molecule has 1 aliphatic rings. The van der Waals surface area contributed by atoms with Crippen molar-refractivity contribution in [1.29, 1.82) is 0 Å². The van der Waals surface area contributed by atoms with E-state index >= 15 is 0 Å². The van der Waals surface area contributed by atoms with E-state index in [2.05, 4.69) is 18.7 Å². The van der Waals surface area contributed by atoms with Crippen LogP contribution in [0.4, 0.5) is 0 Å². The predicted octanol–water partition coefficient (Wildman–Crippen LogP) is 2.40. The summed E-state index contributed by atoms with van der Waals surface area (Å²) in [6.07, 6.45) is 4.33. The summed E-state index contributed by atoms with van der Waals surface area (Å²) in [4.78, 5) is 2.49. The van der Waals surface area contributed by atoms with E-state index in [1.807, 2.05) is 12.1 Å². The van der Waals surface area contributed by atoms with Gasteiger partial charge in [-0.05, 0) is 44.4 Å². The minimum atomic E-state index is 0.243. The lowest BCUT2D eigenvalue weighted by atomic mass is 9.90. The van der Waals surface area contributed by atoms with Gasteiger partial charge in [0.25, 0.3) is 0 Å². The first-order chi connectivity index (χ1) is 7.74. The van der Waals surface area contributed by atoms with E-state index < -0.39 is 0 Å². The Bertz CT molecular complexity index is 310. The molecular formula is C13H22N2O. The molecule has 0 radical (unpaired) electrons. The molecule has 3 atom stereocenters. The molecule has 0 amide bonds. The molecule has 0 saturated carbocycles. The molecule has 90 valence electrons. The molecule has 0 bridgehead atoms. The van der Waals surface area contributed by atoms with Gasteiger partial charge in [-0.25, -0.2) is 0 Å². The first-order valence-electron chi connectivity index (χ1n) is 6.23. The fourth-order valence-electron chi connectivity index (χ4n) is 2.70. The molecule has 2 rings (SSSR count). The molecule has 1 aromatic rings. The van der Waals surface area contributed by atoms with Gasteiger partial charge in [-0.2, -0.15) is 0 Å². The second-order valence-electron chi connectivity index (χ2n) is 4.86. The molecule has 1 aliphatic heterocycles. The average Bonchev–Trinajstić information content (AvgIpc) is 2.79. The minimum Gasteiger partial charge on any atom is -0.468 e. The summed E-state index contributed by atoms with van der Waals surface area (Å²) in [5.41, 5.74) is 5.90. The lowest BCUT2D eigenvalue weighted by Gasteiger charge is -2.41. The first-order valence-corrected chi connectivity index (χ1v) is 6.23. The van der Waals surface area contributed by atoms with Gasteiger partial charge in [0.15, 0.2) is 0 Å². The molecule has 0 aromatic carbocycles. The van der Waals surface area contributed by atoms with Gasteiger partial charge in [-0.15, -0.1) is 0 Å². The smallest absolute Gasteiger partial charge is 0.122 e. The lowest BCUT2D eigenvalue weighted by molar-refractivity contribution is 0.0613. The number of furan rings is 1. The van der Waals surface area contributed by atoms with Gasteiger partial charge >= 0.3 is 0 Å². The molecular weight excluding hydrogens is 200 g/mol. The van der Waals surface area contributed by atoms with Crippen molar-refractivity contribution in [3.8, 4) is 0 Å². The van der Waals surface area contributed by atoms with Crippen molar-refractivity contribution in [2.24, 2.45) is 11.7 Å². The van der Waals surface area contributed by atoms with Gasteiger partial charge in [0.2, 0.25) is 0 Å². The second kappa shape index (κ2) is 5.02. The van der Waals surface area contributed by atoms with Crippen molar-refractivity contribution in [3.63, 3.8) is 0 Å². The maximum absolute atomic E-state index is 5.90. The summed E-state index contributed by atoms with van der Waals surface area (Å²) in [6, 6.07) is 4.81. The Morgan fingerprint density at radius 2 is 2.38 bits per heavy atom. The van der Waals surface area contributed by atoms with E-state index in [0.717, 1.165) is 18.2 Å². The Morgan fingerprint density at radius 1 is 1.56 bits per heavy atom. The quantitative estimate of drug-likeness (QED) is 0.854. The van der Waals surface area contributed by atoms with Gasteiger partial charge in [0, 0.05) is 12.6 Å². The number of nitrogens with zero attached hydrogens (tertiary/aromatic N) is 1. The van der Waals surface area contributed by atoms with Crippen LogP contribution in [0.5, 0.6) is 0 Å². The van der Waals surface area contributed by atoms with E-state index in [1.54, 1.807) is 6.26 Å². The zero-order valence-electron chi connectivity index (χ0n) is 10.2. The maximum atomic E-state index is 5.90. The number of likely N-dealkylation sites (tertiary alicyclic amines) is 1. The monoisotopic (exact) mass is 222 g/mol. The molecule has 2 heterocycles. The first kappa shape index (κ1) is 11.7. The van der Waals surface area contributed by atoms with Gasteiger partial charge in [0.05, 0.1) is 12.3 Å². The molecule has 1 saturated heterocycles. The highest BCUT2D eigenvalue weighted by atomic mass is 16.3. The molecule has 16 heavy (non-hydrogen) atoms.